The van der Waals surface area contributed by atoms with Crippen molar-refractivity contribution < 1.29 is 60.6 Å². The van der Waals surface area contributed by atoms with Crippen LogP contribution in [0.15, 0.2) is 60.7 Å². The lowest BCUT2D eigenvalue weighted by atomic mass is 10.0. The molecule has 0 spiro atoms. The van der Waals surface area contributed by atoms with Crippen LogP contribution in [0.4, 0.5) is 0 Å². The van der Waals surface area contributed by atoms with Gasteiger partial charge in [0.2, 0.25) is 14.7 Å². The largest absolute Gasteiger partial charge is 0.443 e. The van der Waals surface area contributed by atoms with Crippen LogP contribution in [-0.4, -0.2) is 100 Å². The Bertz CT molecular complexity index is 2110. The van der Waals surface area contributed by atoms with Crippen molar-refractivity contribution in [1.82, 2.24) is 0 Å². The molecule has 0 amide bonds. The van der Waals surface area contributed by atoms with Crippen molar-refractivity contribution in [2.24, 2.45) is 29.6 Å². The van der Waals surface area contributed by atoms with Gasteiger partial charge in [0.25, 0.3) is 0 Å². The van der Waals surface area contributed by atoms with Gasteiger partial charge in [0.1, 0.15) is 34.6 Å². The van der Waals surface area contributed by atoms with Gasteiger partial charge >= 0.3 is 0 Å². The predicted octanol–water partition coefficient (Wildman–Crippen LogP) is 14.5. The second-order valence-corrected chi connectivity index (χ2v) is 32.4. The van der Waals surface area contributed by atoms with E-state index in [4.69, 9.17) is 13.6 Å². The first-order valence-electron chi connectivity index (χ1n) is 23.7. The third-order valence-corrected chi connectivity index (χ3v) is 13.5. The molecule has 0 saturated heterocycles. The number of rotatable bonds is 21. The fraction of sp³-hybridized carbons (Fsp3) is 0.630. The number of carbonyl (C=O) groups is 6. The van der Waals surface area contributed by atoms with Crippen LogP contribution in [0.1, 0.15) is 128 Å². The summed E-state index contributed by atoms with van der Waals surface area (Å²) in [4.78, 5) is 65.6. The van der Waals surface area contributed by atoms with E-state index in [2.05, 4.69) is 0 Å². The third-order valence-electron chi connectivity index (χ3n) is 8.90. The van der Waals surface area contributed by atoms with Crippen molar-refractivity contribution in [2.45, 2.75) is 136 Å². The van der Waals surface area contributed by atoms with E-state index in [0.717, 1.165) is 11.1 Å². The van der Waals surface area contributed by atoms with Gasteiger partial charge in [-0.2, -0.15) is 0 Å². The summed E-state index contributed by atoms with van der Waals surface area (Å²) in [6.07, 6.45) is 4.26. The van der Waals surface area contributed by atoms with Gasteiger partial charge in [-0.05, 0) is 80.6 Å². The highest BCUT2D eigenvalue weighted by molar-refractivity contribution is 7.63. The van der Waals surface area contributed by atoms with Crippen LogP contribution in [0.25, 0.3) is 0 Å². The molecule has 0 heterocycles. The fourth-order valence-corrected chi connectivity index (χ4v) is 5.91. The van der Waals surface area contributed by atoms with Gasteiger partial charge < -0.3 is 22.9 Å². The lowest BCUT2D eigenvalue weighted by molar-refractivity contribution is -0.125. The second-order valence-electron chi connectivity index (χ2n) is 20.4. The molecule has 71 heavy (non-hydrogen) atoms. The molecule has 2 aromatic carbocycles. The lowest BCUT2D eigenvalue weighted by Crippen LogP contribution is -2.10. The molecule has 0 aliphatic heterocycles. The minimum Gasteiger partial charge on any atom is -0.443 e. The quantitative estimate of drug-likeness (QED) is 0.0846. The van der Waals surface area contributed by atoms with E-state index in [1.54, 1.807) is 78.1 Å². The van der Waals surface area contributed by atoms with Gasteiger partial charge in [0.05, 0.1) is 13.7 Å². The van der Waals surface area contributed by atoms with Gasteiger partial charge in [0.15, 0.2) is 18.9 Å². The molecular formula is C54H96O13P4. The Kier molecular flexibility index (Phi) is 41.3. The topological polar surface area (TPSA) is 198 Å². The first kappa shape index (κ1) is 76.6. The highest BCUT2D eigenvalue weighted by Crippen LogP contribution is 2.42. The molecule has 17 heteroatoms. The van der Waals surface area contributed by atoms with Crippen molar-refractivity contribution >= 4 is 63.9 Å². The zero-order valence-corrected chi connectivity index (χ0v) is 50.4. The Morgan fingerprint density at radius 3 is 1.23 bits per heavy atom. The maximum absolute atomic E-state index is 11.6. The maximum atomic E-state index is 11.6. The highest BCUT2D eigenvalue weighted by atomic mass is 31.2. The standard InChI is InChI=1S/2C13H19O3P.C8H14O2.C8H12O2.C6H15O2P.C5H13OP.CH4/c1-10(2)13(14)9-11-5-7-12(8-6-11)16-17(3,4)15;1-10(2)13(14)9-11-6-5-7-12(8-11)16-17(3,4)15;2*1-6(2)8(10)5-4-7(3)9;1-6(2)5-8-9(3,4)7;1-5(2)7(3,4)6;/h2*5-8,10H,9H2,1-4H3;6H,4-5H2,1-3H3;4-6H,1-3H3;6H,5H2,1-4H3;5H,1-4H3;1H4/b;;;5-4+;;;. The summed E-state index contributed by atoms with van der Waals surface area (Å²) in [5.74, 6) is 2.34. The molecule has 0 aliphatic rings. The Labute approximate surface area is 431 Å². The number of hydrogen-bond donors (Lipinski definition) is 0. The van der Waals surface area contributed by atoms with Gasteiger partial charge in [-0.15, -0.1) is 0 Å². The van der Waals surface area contributed by atoms with Crippen molar-refractivity contribution in [2.75, 3.05) is 59.9 Å². The van der Waals surface area contributed by atoms with E-state index in [0.29, 0.717) is 55.4 Å². The zero-order valence-electron chi connectivity index (χ0n) is 46.9. The number of Topliss-reactive ketones (excluding diaryl/α,β-unsaturated/α-hetero) is 4. The molecule has 13 nitrogen and oxygen atoms in total. The van der Waals surface area contributed by atoms with Crippen LogP contribution >= 0.6 is 29.2 Å². The molecule has 0 unspecified atom stereocenters. The Morgan fingerprint density at radius 1 is 0.507 bits per heavy atom. The van der Waals surface area contributed by atoms with E-state index < -0.39 is 29.2 Å². The van der Waals surface area contributed by atoms with Gasteiger partial charge in [-0.25, -0.2) is 0 Å². The molecule has 0 radical (unpaired) electrons. The Balaban J connectivity index is -0.000000252. The molecule has 0 aromatic heterocycles. The van der Waals surface area contributed by atoms with E-state index in [1.165, 1.54) is 26.0 Å². The summed E-state index contributed by atoms with van der Waals surface area (Å²) in [5.41, 5.74) is 2.21. The summed E-state index contributed by atoms with van der Waals surface area (Å²) in [7, 11) is -9.02. The number of ketones is 6. The molecule has 0 N–H and O–H groups in total. The summed E-state index contributed by atoms with van der Waals surface area (Å²) in [5, 5.41) is 0. The molecule has 0 saturated carbocycles. The van der Waals surface area contributed by atoms with E-state index in [-0.39, 0.29) is 65.8 Å². The first-order chi connectivity index (χ1) is 31.5. The molecule has 0 aliphatic carbocycles. The summed E-state index contributed by atoms with van der Waals surface area (Å²) in [6.45, 7) is 39.6. The smallest absolute Gasteiger partial charge is 0.242 e. The number of benzene rings is 2. The van der Waals surface area contributed by atoms with E-state index in [1.807, 2.05) is 107 Å². The monoisotopic (exact) mass is 1080 g/mol. The van der Waals surface area contributed by atoms with Crippen LogP contribution in [0.3, 0.4) is 0 Å². The summed E-state index contributed by atoms with van der Waals surface area (Å²) < 4.78 is 60.5. The number of hydrogen-bond acceptors (Lipinski definition) is 13. The van der Waals surface area contributed by atoms with Crippen LogP contribution in [-0.2, 0) is 64.4 Å². The van der Waals surface area contributed by atoms with E-state index >= 15 is 0 Å². The van der Waals surface area contributed by atoms with Crippen LogP contribution in [0.5, 0.6) is 11.5 Å². The minimum absolute atomic E-state index is 0. The molecule has 410 valence electrons. The average molecular weight is 1080 g/mol. The molecule has 2 rings (SSSR count). The van der Waals surface area contributed by atoms with Crippen molar-refractivity contribution in [3.05, 3.63) is 71.8 Å². The lowest BCUT2D eigenvalue weighted by Gasteiger charge is -2.11. The highest BCUT2D eigenvalue weighted by Gasteiger charge is 2.14. The number of carbonyl (C=O) groups excluding carboxylic acids is 6. The molecule has 0 bridgehead atoms. The normalized spacial score (nSPS) is 11.3. The third kappa shape index (κ3) is 52.8. The first-order valence-corrected chi connectivity index (χ1v) is 33.9. The minimum atomic E-state index is -2.55. The summed E-state index contributed by atoms with van der Waals surface area (Å²) in [6, 6.07) is 14.4. The number of allylic oxidation sites excluding steroid dienone is 2. The zero-order chi connectivity index (χ0) is 56.0. The Hall–Kier alpha value is -3.32. The van der Waals surface area contributed by atoms with Crippen LogP contribution < -0.4 is 9.05 Å². The molecule has 0 atom stereocenters. The molecule has 0 fully saturated rings. The Morgan fingerprint density at radius 2 is 0.915 bits per heavy atom. The van der Waals surface area contributed by atoms with Crippen molar-refractivity contribution in [3.63, 3.8) is 0 Å². The predicted molar refractivity (Wildman–Crippen MR) is 301 cm³/mol. The van der Waals surface area contributed by atoms with Gasteiger partial charge in [-0.3, -0.25) is 37.7 Å². The van der Waals surface area contributed by atoms with Crippen molar-refractivity contribution in [3.8, 4) is 11.5 Å². The fourth-order valence-electron chi connectivity index (χ4n) is 4.01. The van der Waals surface area contributed by atoms with Crippen LogP contribution in [0.2, 0.25) is 0 Å². The van der Waals surface area contributed by atoms with Gasteiger partial charge in [-0.1, -0.05) is 115 Å². The van der Waals surface area contributed by atoms with Crippen molar-refractivity contribution in [1.29, 1.82) is 0 Å². The van der Waals surface area contributed by atoms with Gasteiger partial charge in [0, 0.05) is 95.0 Å². The van der Waals surface area contributed by atoms with Crippen LogP contribution in [0, 0.1) is 29.6 Å². The SMILES string of the molecule is C.CC(=O)/C=C/C(=O)C(C)C.CC(=O)CCC(=O)C(C)C.CC(C)C(=O)Cc1ccc(OP(C)(C)=O)cc1.CC(C)C(=O)Cc1cccc(OP(C)(C)=O)c1.CC(C)COP(C)(C)=O.CC(C)P(C)(C)=O. The van der Waals surface area contributed by atoms with E-state index in [9.17, 15) is 47.0 Å². The summed E-state index contributed by atoms with van der Waals surface area (Å²) >= 11 is 0. The molecule has 2 aromatic rings. The molecular weight excluding hydrogens is 980 g/mol. The second kappa shape index (κ2) is 38.3. The average Bonchev–Trinajstić information content (AvgIpc) is 3.18. The maximum Gasteiger partial charge on any atom is 0.242 e.